The van der Waals surface area contributed by atoms with Gasteiger partial charge in [0.2, 0.25) is 0 Å². The minimum atomic E-state index is -1.54. The fourth-order valence-corrected chi connectivity index (χ4v) is 8.50. The normalized spacial score (nSPS) is 19.6. The van der Waals surface area contributed by atoms with Gasteiger partial charge in [-0.3, -0.25) is 4.79 Å². The molecule has 0 aromatic carbocycles. The number of aliphatic hydroxyl groups is 4. The van der Waals surface area contributed by atoms with E-state index in [1.807, 2.05) is 0 Å². The summed E-state index contributed by atoms with van der Waals surface area (Å²) < 4.78 is 22.9. The van der Waals surface area contributed by atoms with Gasteiger partial charge >= 0.3 is 5.97 Å². The second-order valence-corrected chi connectivity index (χ2v) is 19.0. The van der Waals surface area contributed by atoms with Crippen LogP contribution in [-0.4, -0.2) is 89.6 Å². The van der Waals surface area contributed by atoms with Crippen molar-refractivity contribution in [2.45, 2.75) is 288 Å². The number of carbonyl (C=O) groups excluding carboxylic acids is 1. The summed E-state index contributed by atoms with van der Waals surface area (Å²) in [5.41, 5.74) is 0. The van der Waals surface area contributed by atoms with E-state index in [-0.39, 0.29) is 19.2 Å². The Hall–Kier alpha value is -1.59. The number of rotatable bonds is 48. The molecule has 6 unspecified atom stereocenters. The van der Waals surface area contributed by atoms with Crippen LogP contribution in [0.15, 0.2) is 36.5 Å². The van der Waals surface area contributed by atoms with Crippen LogP contribution >= 0.6 is 0 Å². The first-order chi connectivity index (χ1) is 31.9. The van der Waals surface area contributed by atoms with Gasteiger partial charge in [0.05, 0.1) is 19.8 Å². The summed E-state index contributed by atoms with van der Waals surface area (Å²) in [7, 11) is 0. The lowest BCUT2D eigenvalue weighted by atomic mass is 9.99. The van der Waals surface area contributed by atoms with Gasteiger partial charge in [-0.05, 0) is 51.4 Å². The Balaban J connectivity index is 2.17. The summed E-state index contributed by atoms with van der Waals surface area (Å²) >= 11 is 0. The van der Waals surface area contributed by atoms with E-state index in [1.165, 1.54) is 186 Å². The van der Waals surface area contributed by atoms with Crippen LogP contribution in [-0.2, 0) is 23.7 Å². The van der Waals surface area contributed by atoms with Crippen LogP contribution in [0.5, 0.6) is 0 Å². The molecule has 65 heavy (non-hydrogen) atoms. The van der Waals surface area contributed by atoms with Crippen LogP contribution in [0.2, 0.25) is 0 Å². The summed E-state index contributed by atoms with van der Waals surface area (Å²) in [6.45, 7) is 4.58. The maximum Gasteiger partial charge on any atom is 0.306 e. The van der Waals surface area contributed by atoms with Crippen molar-refractivity contribution in [3.05, 3.63) is 36.5 Å². The van der Waals surface area contributed by atoms with Crippen LogP contribution in [0, 0.1) is 0 Å². The van der Waals surface area contributed by atoms with Crippen LogP contribution in [0.1, 0.15) is 251 Å². The van der Waals surface area contributed by atoms with E-state index < -0.39 is 43.4 Å². The highest BCUT2D eigenvalue weighted by molar-refractivity contribution is 5.69. The highest BCUT2D eigenvalue weighted by Gasteiger charge is 2.44. The second kappa shape index (κ2) is 47.5. The SMILES string of the molecule is CCCCCCC/C=C\C/C=C\C/C=C\CCCCCCCCCCCOCC(COC1OC(CO)C(O)C(O)C1O)OC(=O)CCCCCCCCCCCCCCCCCCCC. The lowest BCUT2D eigenvalue weighted by molar-refractivity contribution is -0.305. The number of hydrogen-bond acceptors (Lipinski definition) is 9. The number of hydrogen-bond donors (Lipinski definition) is 4. The summed E-state index contributed by atoms with van der Waals surface area (Å²) in [4.78, 5) is 12.9. The first kappa shape index (κ1) is 61.4. The third-order valence-electron chi connectivity index (χ3n) is 12.8. The van der Waals surface area contributed by atoms with Crippen molar-refractivity contribution < 1.29 is 44.2 Å². The Bertz CT molecular complexity index is 1090. The molecule has 1 aliphatic heterocycles. The molecule has 9 heteroatoms. The topological polar surface area (TPSA) is 135 Å². The molecule has 0 bridgehead atoms. The molecule has 0 saturated carbocycles. The first-order valence-corrected chi connectivity index (χ1v) is 27.6. The van der Waals surface area contributed by atoms with Crippen molar-refractivity contribution in [2.24, 2.45) is 0 Å². The largest absolute Gasteiger partial charge is 0.457 e. The van der Waals surface area contributed by atoms with Crippen molar-refractivity contribution >= 4 is 5.97 Å². The molecule has 0 aromatic rings. The highest BCUT2D eigenvalue weighted by Crippen LogP contribution is 2.23. The van der Waals surface area contributed by atoms with Crippen LogP contribution in [0.3, 0.4) is 0 Å². The first-order valence-electron chi connectivity index (χ1n) is 27.6. The summed E-state index contributed by atoms with van der Waals surface area (Å²) in [6.07, 6.45) is 51.8. The molecule has 9 nitrogen and oxygen atoms in total. The average molecular weight is 921 g/mol. The van der Waals surface area contributed by atoms with Crippen LogP contribution in [0.4, 0.5) is 0 Å². The Morgan fingerprint density at radius 1 is 0.492 bits per heavy atom. The highest BCUT2D eigenvalue weighted by atomic mass is 16.7. The van der Waals surface area contributed by atoms with Gasteiger partial charge in [0, 0.05) is 13.0 Å². The van der Waals surface area contributed by atoms with Crippen molar-refractivity contribution in [3.8, 4) is 0 Å². The average Bonchev–Trinajstić information content (AvgIpc) is 3.31. The fraction of sp³-hybridized carbons (Fsp3) is 0.875. The number of esters is 1. The van der Waals surface area contributed by atoms with E-state index in [0.717, 1.165) is 44.9 Å². The van der Waals surface area contributed by atoms with E-state index >= 15 is 0 Å². The van der Waals surface area contributed by atoms with Crippen molar-refractivity contribution in [3.63, 3.8) is 0 Å². The van der Waals surface area contributed by atoms with Gasteiger partial charge in [-0.1, -0.05) is 230 Å². The predicted octanol–water partition coefficient (Wildman–Crippen LogP) is 13.9. The number of carbonyl (C=O) groups is 1. The van der Waals surface area contributed by atoms with E-state index in [1.54, 1.807) is 0 Å². The smallest absolute Gasteiger partial charge is 0.306 e. The monoisotopic (exact) mass is 921 g/mol. The molecule has 0 radical (unpaired) electrons. The number of ether oxygens (including phenoxy) is 4. The lowest BCUT2D eigenvalue weighted by Gasteiger charge is -2.39. The Morgan fingerprint density at radius 2 is 0.892 bits per heavy atom. The molecule has 6 atom stereocenters. The number of aliphatic hydroxyl groups excluding tert-OH is 4. The number of allylic oxidation sites excluding steroid dienone is 6. The predicted molar refractivity (Wildman–Crippen MR) is 270 cm³/mol. The molecule has 1 heterocycles. The molecule has 382 valence electrons. The zero-order chi connectivity index (χ0) is 47.1. The van der Waals surface area contributed by atoms with Crippen LogP contribution in [0.25, 0.3) is 0 Å². The van der Waals surface area contributed by atoms with Gasteiger partial charge in [0.1, 0.15) is 30.5 Å². The third kappa shape index (κ3) is 38.0. The molecule has 0 amide bonds. The summed E-state index contributed by atoms with van der Waals surface area (Å²) in [5, 5.41) is 40.3. The van der Waals surface area contributed by atoms with Gasteiger partial charge in [0.15, 0.2) is 6.29 Å². The van der Waals surface area contributed by atoms with E-state index in [9.17, 15) is 25.2 Å². The summed E-state index contributed by atoms with van der Waals surface area (Å²) in [5.74, 6) is -0.311. The fourth-order valence-electron chi connectivity index (χ4n) is 8.50. The van der Waals surface area contributed by atoms with E-state index in [2.05, 4.69) is 50.3 Å². The zero-order valence-electron chi connectivity index (χ0n) is 42.2. The number of unbranched alkanes of at least 4 members (excludes halogenated alkanes) is 31. The zero-order valence-corrected chi connectivity index (χ0v) is 42.2. The quantitative estimate of drug-likeness (QED) is 0.0267. The minimum Gasteiger partial charge on any atom is -0.457 e. The van der Waals surface area contributed by atoms with E-state index in [4.69, 9.17) is 18.9 Å². The van der Waals surface area contributed by atoms with Gasteiger partial charge in [0.25, 0.3) is 0 Å². The maximum atomic E-state index is 12.9. The van der Waals surface area contributed by atoms with Crippen molar-refractivity contribution in [2.75, 3.05) is 26.4 Å². The molecule has 0 spiro atoms. The molecule has 0 aromatic heterocycles. The molecule has 1 saturated heterocycles. The lowest BCUT2D eigenvalue weighted by Crippen LogP contribution is -2.59. The Labute approximate surface area is 400 Å². The van der Waals surface area contributed by atoms with Crippen LogP contribution < -0.4 is 0 Å². The molecule has 1 aliphatic rings. The molecule has 1 rings (SSSR count). The van der Waals surface area contributed by atoms with Gasteiger partial charge in [-0.2, -0.15) is 0 Å². The third-order valence-corrected chi connectivity index (χ3v) is 12.8. The Morgan fingerprint density at radius 3 is 1.34 bits per heavy atom. The molecular weight excluding hydrogens is 817 g/mol. The standard InChI is InChI=1S/C56H104O9/c1-3-5-7-9-11-13-15-17-19-21-23-24-25-26-27-28-30-32-34-36-38-40-42-44-46-62-48-50(49-63-56-55(61)54(60)53(59)51(47-57)65-56)64-52(58)45-43-41-39-37-35-33-31-29-22-20-18-16-14-12-10-8-6-4-2/h15,17,21,23,25-26,50-51,53-57,59-61H,3-14,16,18-20,22,24,27-49H2,1-2H3/b17-15-,23-21-,26-25-. The molecular formula is C56H104O9. The molecule has 4 N–H and O–H groups in total. The van der Waals surface area contributed by atoms with Crippen molar-refractivity contribution in [1.29, 1.82) is 0 Å². The molecule has 0 aliphatic carbocycles. The maximum absolute atomic E-state index is 12.9. The second-order valence-electron chi connectivity index (χ2n) is 19.0. The van der Waals surface area contributed by atoms with Gasteiger partial charge in [-0.15, -0.1) is 0 Å². The Kier molecular flexibility index (Phi) is 44.9. The molecule has 1 fully saturated rings. The van der Waals surface area contributed by atoms with E-state index in [0.29, 0.717) is 13.0 Å². The van der Waals surface area contributed by atoms with Gasteiger partial charge < -0.3 is 39.4 Å². The van der Waals surface area contributed by atoms with Gasteiger partial charge in [-0.25, -0.2) is 0 Å². The minimum absolute atomic E-state index is 0.112. The van der Waals surface area contributed by atoms with Crippen molar-refractivity contribution in [1.82, 2.24) is 0 Å². The summed E-state index contributed by atoms with van der Waals surface area (Å²) in [6, 6.07) is 0.